The monoisotopic (exact) mass is 300 g/mol. The third-order valence-corrected chi connectivity index (χ3v) is 4.16. The number of aliphatic carboxylic acids is 1. The van der Waals surface area contributed by atoms with Crippen LogP contribution in [0.2, 0.25) is 0 Å². The molecule has 1 saturated heterocycles. The summed E-state index contributed by atoms with van der Waals surface area (Å²) >= 11 is 0. The second-order valence-corrected chi connectivity index (χ2v) is 5.43. The van der Waals surface area contributed by atoms with E-state index in [-0.39, 0.29) is 25.7 Å². The van der Waals surface area contributed by atoms with Crippen molar-refractivity contribution in [3.05, 3.63) is 0 Å². The summed E-state index contributed by atoms with van der Waals surface area (Å²) in [5, 5.41) is 11.9. The molecule has 2 fully saturated rings. The van der Waals surface area contributed by atoms with Crippen LogP contribution in [-0.4, -0.2) is 67.4 Å². The van der Waals surface area contributed by atoms with Gasteiger partial charge in [-0.15, -0.1) is 0 Å². The largest absolute Gasteiger partial charge is 0.481 e. The average Bonchev–Trinajstić information content (AvgIpc) is 2.44. The molecule has 1 atom stereocenters. The molecule has 118 valence electrons. The second-order valence-electron chi connectivity index (χ2n) is 5.43. The van der Waals surface area contributed by atoms with Gasteiger partial charge in [-0.3, -0.25) is 4.79 Å². The zero-order valence-electron chi connectivity index (χ0n) is 12.0. The Morgan fingerprint density at radius 2 is 2.14 bits per heavy atom. The maximum atomic E-state index is 12.1. The van der Waals surface area contributed by atoms with Crippen molar-refractivity contribution in [2.75, 3.05) is 33.4 Å². The fourth-order valence-corrected chi connectivity index (χ4v) is 2.53. The number of carboxylic acids is 1. The molecular weight excluding hydrogens is 280 g/mol. The summed E-state index contributed by atoms with van der Waals surface area (Å²) in [5.74, 6) is -1.39. The Kier molecular flexibility index (Phi) is 4.66. The normalized spacial score (nSPS) is 23.9. The number of urea groups is 1. The SMILES string of the molecule is COC(=O)C1CN(C(=O)NCC2(C(=O)O)CCC2)CCO1. The number of hydrogen-bond donors (Lipinski definition) is 2. The summed E-state index contributed by atoms with van der Waals surface area (Å²) in [4.78, 5) is 36.2. The van der Waals surface area contributed by atoms with Gasteiger partial charge in [0, 0.05) is 13.1 Å². The van der Waals surface area contributed by atoms with Crippen LogP contribution in [0, 0.1) is 5.41 Å². The van der Waals surface area contributed by atoms with E-state index in [1.807, 2.05) is 0 Å². The maximum absolute atomic E-state index is 12.1. The first-order valence-electron chi connectivity index (χ1n) is 6.94. The van der Waals surface area contributed by atoms with E-state index < -0.39 is 23.5 Å². The van der Waals surface area contributed by atoms with E-state index >= 15 is 0 Å². The first kappa shape index (κ1) is 15.6. The number of methoxy groups -OCH3 is 1. The van der Waals surface area contributed by atoms with Crippen molar-refractivity contribution < 1.29 is 29.0 Å². The van der Waals surface area contributed by atoms with Gasteiger partial charge in [0.25, 0.3) is 0 Å². The van der Waals surface area contributed by atoms with E-state index in [1.54, 1.807) is 0 Å². The number of ether oxygens (including phenoxy) is 2. The summed E-state index contributed by atoms with van der Waals surface area (Å²) in [7, 11) is 1.26. The maximum Gasteiger partial charge on any atom is 0.336 e. The fraction of sp³-hybridized carbons (Fsp3) is 0.769. The molecule has 2 rings (SSSR count). The predicted molar refractivity (Wildman–Crippen MR) is 70.6 cm³/mol. The summed E-state index contributed by atoms with van der Waals surface area (Å²) in [6.07, 6.45) is 1.24. The van der Waals surface area contributed by atoms with Crippen LogP contribution < -0.4 is 5.32 Å². The minimum absolute atomic E-state index is 0.110. The molecule has 2 aliphatic rings. The van der Waals surface area contributed by atoms with Gasteiger partial charge < -0.3 is 24.8 Å². The van der Waals surface area contributed by atoms with Gasteiger partial charge in [-0.1, -0.05) is 6.42 Å². The molecule has 2 N–H and O–H groups in total. The second kappa shape index (κ2) is 6.30. The van der Waals surface area contributed by atoms with Crippen molar-refractivity contribution in [1.29, 1.82) is 0 Å². The molecule has 8 heteroatoms. The Bertz CT molecular complexity index is 434. The lowest BCUT2D eigenvalue weighted by Crippen LogP contribution is -2.55. The highest BCUT2D eigenvalue weighted by atomic mass is 16.6. The molecule has 0 bridgehead atoms. The summed E-state index contributed by atoms with van der Waals surface area (Å²) in [6, 6.07) is -0.375. The topological polar surface area (TPSA) is 105 Å². The number of rotatable bonds is 4. The smallest absolute Gasteiger partial charge is 0.336 e. The molecule has 1 saturated carbocycles. The molecule has 21 heavy (non-hydrogen) atoms. The van der Waals surface area contributed by atoms with Gasteiger partial charge in [0.15, 0.2) is 6.10 Å². The number of carbonyl (C=O) groups is 3. The minimum Gasteiger partial charge on any atom is -0.481 e. The van der Waals surface area contributed by atoms with Crippen LogP contribution in [0.5, 0.6) is 0 Å². The van der Waals surface area contributed by atoms with Gasteiger partial charge in [0.1, 0.15) is 0 Å². The highest BCUT2D eigenvalue weighted by Crippen LogP contribution is 2.40. The first-order chi connectivity index (χ1) is 9.98. The lowest BCUT2D eigenvalue weighted by molar-refractivity contribution is -0.158. The van der Waals surface area contributed by atoms with E-state index in [0.29, 0.717) is 19.4 Å². The Morgan fingerprint density at radius 1 is 1.43 bits per heavy atom. The lowest BCUT2D eigenvalue weighted by atomic mass is 9.69. The zero-order chi connectivity index (χ0) is 15.5. The summed E-state index contributed by atoms with van der Waals surface area (Å²) in [5.41, 5.74) is -0.830. The highest BCUT2D eigenvalue weighted by Gasteiger charge is 2.44. The number of nitrogens with zero attached hydrogens (tertiary/aromatic N) is 1. The van der Waals surface area contributed by atoms with E-state index in [1.165, 1.54) is 12.0 Å². The molecular formula is C13H20N2O6. The molecule has 1 aliphatic carbocycles. The number of morpholine rings is 1. The van der Waals surface area contributed by atoms with Crippen molar-refractivity contribution >= 4 is 18.0 Å². The van der Waals surface area contributed by atoms with Crippen LogP contribution in [0.3, 0.4) is 0 Å². The van der Waals surface area contributed by atoms with Crippen LogP contribution in [0.15, 0.2) is 0 Å². The van der Waals surface area contributed by atoms with Gasteiger partial charge in [-0.25, -0.2) is 9.59 Å². The minimum atomic E-state index is -0.872. The molecule has 0 spiro atoms. The number of carboxylic acid groups (broad SMARTS) is 1. The molecule has 0 radical (unpaired) electrons. The Labute approximate surface area is 122 Å². The van der Waals surface area contributed by atoms with Crippen LogP contribution in [0.4, 0.5) is 4.79 Å². The molecule has 0 aromatic heterocycles. The molecule has 1 aliphatic heterocycles. The van der Waals surface area contributed by atoms with E-state index in [0.717, 1.165) is 6.42 Å². The lowest BCUT2D eigenvalue weighted by Gasteiger charge is -2.38. The molecule has 0 aromatic carbocycles. The third kappa shape index (κ3) is 3.26. The quantitative estimate of drug-likeness (QED) is 0.698. The van der Waals surface area contributed by atoms with Gasteiger partial charge in [-0.05, 0) is 12.8 Å². The van der Waals surface area contributed by atoms with Crippen molar-refractivity contribution in [2.45, 2.75) is 25.4 Å². The van der Waals surface area contributed by atoms with Crippen LogP contribution in [0.1, 0.15) is 19.3 Å². The van der Waals surface area contributed by atoms with E-state index in [2.05, 4.69) is 10.1 Å². The van der Waals surface area contributed by atoms with E-state index in [9.17, 15) is 19.5 Å². The average molecular weight is 300 g/mol. The number of nitrogens with one attached hydrogen (secondary N) is 1. The van der Waals surface area contributed by atoms with Gasteiger partial charge in [0.2, 0.25) is 0 Å². The standard InChI is InChI=1S/C13H20N2O6/c1-20-10(16)9-7-15(5-6-21-9)12(19)14-8-13(11(17)18)3-2-4-13/h9H,2-8H2,1H3,(H,14,19)(H,17,18). The Hall–Kier alpha value is -1.83. The molecule has 8 nitrogen and oxygen atoms in total. The Morgan fingerprint density at radius 3 is 2.67 bits per heavy atom. The molecule has 2 amide bonds. The van der Waals surface area contributed by atoms with Crippen molar-refractivity contribution in [1.82, 2.24) is 10.2 Å². The van der Waals surface area contributed by atoms with E-state index in [4.69, 9.17) is 4.74 Å². The van der Waals surface area contributed by atoms with Gasteiger partial charge in [-0.2, -0.15) is 0 Å². The summed E-state index contributed by atoms with van der Waals surface area (Å²) < 4.78 is 9.83. The van der Waals surface area contributed by atoms with Crippen molar-refractivity contribution in [3.8, 4) is 0 Å². The van der Waals surface area contributed by atoms with Gasteiger partial charge >= 0.3 is 18.0 Å². The van der Waals surface area contributed by atoms with Crippen molar-refractivity contribution in [3.63, 3.8) is 0 Å². The van der Waals surface area contributed by atoms with Crippen LogP contribution in [0.25, 0.3) is 0 Å². The highest BCUT2D eigenvalue weighted by molar-refractivity contribution is 5.80. The number of amides is 2. The van der Waals surface area contributed by atoms with Gasteiger partial charge in [0.05, 0.1) is 25.7 Å². The Balaban J connectivity index is 1.85. The van der Waals surface area contributed by atoms with Crippen LogP contribution in [-0.2, 0) is 19.1 Å². The zero-order valence-corrected chi connectivity index (χ0v) is 12.0. The first-order valence-corrected chi connectivity index (χ1v) is 6.94. The summed E-state index contributed by atoms with van der Waals surface area (Å²) in [6.45, 7) is 0.830. The number of hydrogen-bond acceptors (Lipinski definition) is 5. The predicted octanol–water partition coefficient (Wildman–Crippen LogP) is -0.175. The van der Waals surface area contributed by atoms with Crippen LogP contribution >= 0.6 is 0 Å². The number of esters is 1. The molecule has 0 aromatic rings. The third-order valence-electron chi connectivity index (χ3n) is 4.16. The number of carbonyl (C=O) groups excluding carboxylic acids is 2. The van der Waals surface area contributed by atoms with Crippen molar-refractivity contribution in [2.24, 2.45) is 5.41 Å². The molecule has 1 unspecified atom stereocenters. The fourth-order valence-electron chi connectivity index (χ4n) is 2.53. The molecule has 1 heterocycles.